The molecule has 0 aliphatic heterocycles. The molecule has 0 aromatic heterocycles. The molecule has 0 saturated carbocycles. The SMILES string of the molecule is CNC(Cc1ccc(F)cc1C)c1ccc(Cl)cc1OC. The highest BCUT2D eigenvalue weighted by Gasteiger charge is 2.16. The monoisotopic (exact) mass is 307 g/mol. The Labute approximate surface area is 129 Å². The molecule has 4 heteroatoms. The molecule has 0 amide bonds. The van der Waals surface area contributed by atoms with Crippen molar-refractivity contribution < 1.29 is 9.13 Å². The number of aryl methyl sites for hydroxylation is 1. The van der Waals surface area contributed by atoms with Crippen molar-refractivity contribution in [3.05, 3.63) is 63.9 Å². The van der Waals surface area contributed by atoms with Gasteiger partial charge in [-0.2, -0.15) is 0 Å². The van der Waals surface area contributed by atoms with Gasteiger partial charge in [0.25, 0.3) is 0 Å². The highest BCUT2D eigenvalue weighted by Crippen LogP contribution is 2.30. The standard InChI is InChI=1S/C17H19ClFNO/c1-11-8-14(19)6-4-12(11)9-16(20-2)15-7-5-13(18)10-17(15)21-3/h4-8,10,16,20H,9H2,1-3H3. The minimum Gasteiger partial charge on any atom is -0.496 e. The zero-order valence-electron chi connectivity index (χ0n) is 12.4. The van der Waals surface area contributed by atoms with Gasteiger partial charge in [0.15, 0.2) is 0 Å². The maximum Gasteiger partial charge on any atom is 0.125 e. The lowest BCUT2D eigenvalue weighted by Crippen LogP contribution is -2.20. The van der Waals surface area contributed by atoms with Crippen molar-refractivity contribution in [2.75, 3.05) is 14.2 Å². The number of hydrogen-bond acceptors (Lipinski definition) is 2. The summed E-state index contributed by atoms with van der Waals surface area (Å²) in [6.07, 6.45) is 0.751. The number of halogens is 2. The Kier molecular flexibility index (Phi) is 5.21. The molecule has 21 heavy (non-hydrogen) atoms. The van der Waals surface area contributed by atoms with Gasteiger partial charge in [0.05, 0.1) is 7.11 Å². The molecule has 2 rings (SSSR count). The van der Waals surface area contributed by atoms with Crippen LogP contribution in [0.2, 0.25) is 5.02 Å². The van der Waals surface area contributed by atoms with Gasteiger partial charge in [-0.05, 0) is 55.8 Å². The molecular weight excluding hydrogens is 289 g/mol. The lowest BCUT2D eigenvalue weighted by atomic mass is 9.95. The lowest BCUT2D eigenvalue weighted by molar-refractivity contribution is 0.401. The van der Waals surface area contributed by atoms with Crippen LogP contribution in [0.25, 0.3) is 0 Å². The molecule has 1 N–H and O–H groups in total. The molecule has 0 fully saturated rings. The summed E-state index contributed by atoms with van der Waals surface area (Å²) in [5.41, 5.74) is 3.09. The van der Waals surface area contributed by atoms with Gasteiger partial charge < -0.3 is 10.1 Å². The summed E-state index contributed by atoms with van der Waals surface area (Å²) in [6, 6.07) is 10.6. The number of likely N-dealkylation sites (N-methyl/N-ethyl adjacent to an activating group) is 1. The molecular formula is C17H19ClFNO. The van der Waals surface area contributed by atoms with Gasteiger partial charge in [0, 0.05) is 16.6 Å². The molecule has 2 aromatic rings. The number of methoxy groups -OCH3 is 1. The van der Waals surface area contributed by atoms with Crippen molar-refractivity contribution in [1.29, 1.82) is 0 Å². The lowest BCUT2D eigenvalue weighted by Gasteiger charge is -2.20. The molecule has 2 aromatic carbocycles. The van der Waals surface area contributed by atoms with Gasteiger partial charge >= 0.3 is 0 Å². The average molecular weight is 308 g/mol. The van der Waals surface area contributed by atoms with E-state index >= 15 is 0 Å². The molecule has 0 heterocycles. The largest absolute Gasteiger partial charge is 0.496 e. The summed E-state index contributed by atoms with van der Waals surface area (Å²) in [7, 11) is 3.53. The zero-order chi connectivity index (χ0) is 15.4. The smallest absolute Gasteiger partial charge is 0.125 e. The summed E-state index contributed by atoms with van der Waals surface area (Å²) in [5.74, 6) is 0.544. The second-order valence-electron chi connectivity index (χ2n) is 5.00. The number of benzene rings is 2. The number of nitrogens with one attached hydrogen (secondary N) is 1. The van der Waals surface area contributed by atoms with Crippen LogP contribution < -0.4 is 10.1 Å². The van der Waals surface area contributed by atoms with Gasteiger partial charge in [-0.3, -0.25) is 0 Å². The molecule has 0 saturated heterocycles. The van der Waals surface area contributed by atoms with E-state index in [1.54, 1.807) is 19.2 Å². The van der Waals surface area contributed by atoms with E-state index in [0.717, 1.165) is 28.9 Å². The summed E-state index contributed by atoms with van der Waals surface area (Å²) >= 11 is 6.00. The fourth-order valence-corrected chi connectivity index (χ4v) is 2.61. The fraction of sp³-hybridized carbons (Fsp3) is 0.294. The molecule has 0 aliphatic rings. The van der Waals surface area contributed by atoms with Crippen LogP contribution in [0.1, 0.15) is 22.7 Å². The Hall–Kier alpha value is -1.58. The van der Waals surface area contributed by atoms with E-state index in [1.165, 1.54) is 6.07 Å². The van der Waals surface area contributed by atoms with E-state index in [-0.39, 0.29) is 11.9 Å². The maximum atomic E-state index is 13.2. The first-order valence-corrected chi connectivity index (χ1v) is 7.18. The van der Waals surface area contributed by atoms with Crippen LogP contribution >= 0.6 is 11.6 Å². The van der Waals surface area contributed by atoms with E-state index in [1.807, 2.05) is 32.2 Å². The fourth-order valence-electron chi connectivity index (χ4n) is 2.45. The summed E-state index contributed by atoms with van der Waals surface area (Å²) < 4.78 is 18.6. The minimum absolute atomic E-state index is 0.0707. The molecule has 1 unspecified atom stereocenters. The van der Waals surface area contributed by atoms with Crippen molar-refractivity contribution in [3.8, 4) is 5.75 Å². The van der Waals surface area contributed by atoms with E-state index in [9.17, 15) is 4.39 Å². The van der Waals surface area contributed by atoms with Gasteiger partial charge in [-0.1, -0.05) is 23.7 Å². The van der Waals surface area contributed by atoms with Crippen LogP contribution in [0.3, 0.4) is 0 Å². The zero-order valence-corrected chi connectivity index (χ0v) is 13.2. The van der Waals surface area contributed by atoms with Gasteiger partial charge in [0.1, 0.15) is 11.6 Å². The van der Waals surface area contributed by atoms with Gasteiger partial charge in [0.2, 0.25) is 0 Å². The van der Waals surface area contributed by atoms with Crippen molar-refractivity contribution in [3.63, 3.8) is 0 Å². The Morgan fingerprint density at radius 2 is 2.00 bits per heavy atom. The van der Waals surface area contributed by atoms with Crippen LogP contribution in [-0.4, -0.2) is 14.2 Å². The molecule has 1 atom stereocenters. The topological polar surface area (TPSA) is 21.3 Å². The number of hydrogen-bond donors (Lipinski definition) is 1. The van der Waals surface area contributed by atoms with E-state index < -0.39 is 0 Å². The molecule has 2 nitrogen and oxygen atoms in total. The van der Waals surface area contributed by atoms with Crippen LogP contribution in [0.15, 0.2) is 36.4 Å². The van der Waals surface area contributed by atoms with Gasteiger partial charge in [-0.15, -0.1) is 0 Å². The summed E-state index contributed by atoms with van der Waals surface area (Å²) in [5, 5.41) is 3.93. The first-order chi connectivity index (χ1) is 10.0. The van der Waals surface area contributed by atoms with Crippen molar-refractivity contribution in [2.24, 2.45) is 0 Å². The van der Waals surface area contributed by atoms with Crippen molar-refractivity contribution in [2.45, 2.75) is 19.4 Å². The van der Waals surface area contributed by atoms with Crippen LogP contribution in [0.4, 0.5) is 4.39 Å². The van der Waals surface area contributed by atoms with E-state index in [0.29, 0.717) is 5.02 Å². The van der Waals surface area contributed by atoms with Gasteiger partial charge in [-0.25, -0.2) is 4.39 Å². The minimum atomic E-state index is -0.207. The maximum absolute atomic E-state index is 13.2. The predicted molar refractivity (Wildman–Crippen MR) is 84.6 cm³/mol. The van der Waals surface area contributed by atoms with Crippen LogP contribution in [0, 0.1) is 12.7 Å². The Balaban J connectivity index is 2.32. The third kappa shape index (κ3) is 3.74. The molecule has 0 radical (unpaired) electrons. The Morgan fingerprint density at radius 3 is 2.62 bits per heavy atom. The second-order valence-corrected chi connectivity index (χ2v) is 5.44. The van der Waals surface area contributed by atoms with Crippen LogP contribution in [0.5, 0.6) is 5.75 Å². The summed E-state index contributed by atoms with van der Waals surface area (Å²) in [6.45, 7) is 1.92. The van der Waals surface area contributed by atoms with Crippen molar-refractivity contribution in [1.82, 2.24) is 5.32 Å². The highest BCUT2D eigenvalue weighted by molar-refractivity contribution is 6.30. The van der Waals surface area contributed by atoms with Crippen molar-refractivity contribution >= 4 is 11.6 Å². The second kappa shape index (κ2) is 6.92. The third-order valence-electron chi connectivity index (χ3n) is 3.65. The third-order valence-corrected chi connectivity index (χ3v) is 3.88. The number of rotatable bonds is 5. The normalized spacial score (nSPS) is 12.2. The average Bonchev–Trinajstić information content (AvgIpc) is 2.47. The Morgan fingerprint density at radius 1 is 1.24 bits per heavy atom. The Bertz CT molecular complexity index is 630. The quantitative estimate of drug-likeness (QED) is 0.889. The van der Waals surface area contributed by atoms with E-state index in [4.69, 9.17) is 16.3 Å². The predicted octanol–water partition coefficient (Wildman–Crippen LogP) is 4.30. The first kappa shape index (κ1) is 15.8. The molecule has 0 bridgehead atoms. The molecule has 0 spiro atoms. The first-order valence-electron chi connectivity index (χ1n) is 6.81. The molecule has 0 aliphatic carbocycles. The highest BCUT2D eigenvalue weighted by atomic mass is 35.5. The summed E-state index contributed by atoms with van der Waals surface area (Å²) in [4.78, 5) is 0. The van der Waals surface area contributed by atoms with E-state index in [2.05, 4.69) is 5.32 Å². The number of ether oxygens (including phenoxy) is 1. The van der Waals surface area contributed by atoms with Crippen LogP contribution in [-0.2, 0) is 6.42 Å². The molecule has 112 valence electrons.